The summed E-state index contributed by atoms with van der Waals surface area (Å²) in [6.07, 6.45) is 4.28. The van der Waals surface area contributed by atoms with Crippen LogP contribution in [-0.4, -0.2) is 70.0 Å². The van der Waals surface area contributed by atoms with Crippen LogP contribution in [-0.2, 0) is 28.9 Å². The van der Waals surface area contributed by atoms with Crippen molar-refractivity contribution in [3.8, 4) is 5.88 Å². The molecule has 1 fully saturated rings. The van der Waals surface area contributed by atoms with Gasteiger partial charge in [0.25, 0.3) is 11.8 Å². The van der Waals surface area contributed by atoms with Gasteiger partial charge in [0.15, 0.2) is 18.2 Å². The first-order valence-electron chi connectivity index (χ1n) is 13.2. The monoisotopic (exact) mass is 548 g/mol. The van der Waals surface area contributed by atoms with Crippen molar-refractivity contribution >= 4 is 40.5 Å². The van der Waals surface area contributed by atoms with Crippen LogP contribution in [0, 0.1) is 5.92 Å². The van der Waals surface area contributed by atoms with Gasteiger partial charge < -0.3 is 29.8 Å². The van der Waals surface area contributed by atoms with Crippen molar-refractivity contribution in [2.24, 2.45) is 5.92 Å². The van der Waals surface area contributed by atoms with Gasteiger partial charge in [0.1, 0.15) is 11.7 Å². The van der Waals surface area contributed by atoms with Crippen molar-refractivity contribution in [3.63, 3.8) is 0 Å². The molecule has 0 saturated carbocycles. The van der Waals surface area contributed by atoms with E-state index < -0.39 is 17.5 Å². The number of carbonyl (C=O) groups is 3. The molecule has 2 atom stereocenters. The van der Waals surface area contributed by atoms with E-state index in [9.17, 15) is 24.3 Å². The number of nitrogens with one attached hydrogen (secondary N) is 2. The molecule has 208 valence electrons. The first kappa shape index (κ1) is 25.7. The first-order chi connectivity index (χ1) is 19.3. The van der Waals surface area contributed by atoms with Crippen LogP contribution in [0.5, 0.6) is 5.88 Å². The maximum Gasteiger partial charge on any atom is 0.415 e. The Kier molecular flexibility index (Phi) is 6.58. The van der Waals surface area contributed by atoms with E-state index in [1.807, 2.05) is 17.6 Å². The number of benzene rings is 1. The highest BCUT2D eigenvalue weighted by molar-refractivity contribution is 5.95. The molecule has 3 N–H and O–H groups in total. The molecule has 13 heteroatoms. The van der Waals surface area contributed by atoms with Gasteiger partial charge in [-0.2, -0.15) is 0 Å². The van der Waals surface area contributed by atoms with Gasteiger partial charge >= 0.3 is 12.1 Å². The van der Waals surface area contributed by atoms with Crippen molar-refractivity contribution in [3.05, 3.63) is 51.4 Å². The first-order valence-corrected chi connectivity index (χ1v) is 13.2. The highest BCUT2D eigenvalue weighted by atomic mass is 16.6. The van der Waals surface area contributed by atoms with Gasteiger partial charge in [-0.3, -0.25) is 14.5 Å². The molecule has 1 saturated heterocycles. The number of ether oxygens (including phenoxy) is 2. The van der Waals surface area contributed by atoms with Crippen LogP contribution < -0.4 is 25.7 Å². The van der Waals surface area contributed by atoms with Gasteiger partial charge in [-0.1, -0.05) is 6.07 Å². The number of fused-ring (bicyclic) bond motifs is 4. The maximum atomic E-state index is 12.8. The predicted octanol–water partition coefficient (Wildman–Crippen LogP) is 1.56. The minimum atomic E-state index is -1.22. The van der Waals surface area contributed by atoms with E-state index in [0.717, 1.165) is 30.5 Å². The molecular weight excluding hydrogens is 520 g/mol. The van der Waals surface area contributed by atoms with Crippen LogP contribution in [0.1, 0.15) is 34.8 Å². The second-order valence-electron chi connectivity index (χ2n) is 10.2. The quantitative estimate of drug-likeness (QED) is 0.352. The number of nitrogens with zero attached hydrogens (tertiary/aromatic N) is 4. The summed E-state index contributed by atoms with van der Waals surface area (Å²) in [6, 6.07) is 3.69. The fourth-order valence-corrected chi connectivity index (χ4v) is 5.67. The summed E-state index contributed by atoms with van der Waals surface area (Å²) in [4.78, 5) is 58.2. The molecule has 1 aromatic carbocycles. The van der Waals surface area contributed by atoms with E-state index in [4.69, 9.17) is 9.47 Å². The number of amides is 2. The topological polar surface area (TPSA) is 165 Å². The Morgan fingerprint density at radius 2 is 2.10 bits per heavy atom. The molecule has 3 aliphatic rings. The number of pyridine rings is 1. The molecule has 2 aliphatic heterocycles. The number of carboxylic acids is 1. The van der Waals surface area contributed by atoms with Crippen LogP contribution >= 0.6 is 0 Å². The van der Waals surface area contributed by atoms with Gasteiger partial charge in [-0.15, -0.1) is 0 Å². The van der Waals surface area contributed by atoms with E-state index >= 15 is 0 Å². The lowest BCUT2D eigenvalue weighted by Crippen LogP contribution is -2.30. The second kappa shape index (κ2) is 10.2. The van der Waals surface area contributed by atoms with Crippen molar-refractivity contribution in [1.82, 2.24) is 19.9 Å². The van der Waals surface area contributed by atoms with Gasteiger partial charge in [-0.05, 0) is 62.4 Å². The average Bonchev–Trinajstić information content (AvgIpc) is 3.53. The highest BCUT2D eigenvalue weighted by Gasteiger charge is 2.34. The lowest BCUT2D eigenvalue weighted by molar-refractivity contribution is -0.118. The Balaban J connectivity index is 1.05. The molecule has 2 amide bonds. The number of carboxylic acid groups (broad SMARTS) is 1. The van der Waals surface area contributed by atoms with E-state index in [1.54, 1.807) is 6.07 Å². The van der Waals surface area contributed by atoms with Gasteiger partial charge in [0, 0.05) is 18.1 Å². The number of carbonyl (C=O) groups excluding carboxylic acids is 2. The molecule has 3 aromatic rings. The number of rotatable bonds is 8. The largest absolute Gasteiger partial charge is 0.477 e. The zero-order chi connectivity index (χ0) is 28.0. The number of hydrogen-bond donors (Lipinski definition) is 3. The Morgan fingerprint density at radius 1 is 1.25 bits per heavy atom. The summed E-state index contributed by atoms with van der Waals surface area (Å²) >= 11 is 0. The molecule has 13 nitrogen and oxygen atoms in total. The number of aryl methyl sites for hydroxylation is 1. The van der Waals surface area contributed by atoms with Crippen molar-refractivity contribution in [2.45, 2.75) is 38.8 Å². The number of aromatic carboxylic acids is 1. The second-order valence-corrected chi connectivity index (χ2v) is 10.2. The summed E-state index contributed by atoms with van der Waals surface area (Å²) in [7, 11) is 0. The van der Waals surface area contributed by atoms with Gasteiger partial charge in [0.05, 0.1) is 18.3 Å². The molecule has 6 rings (SSSR count). The standard InChI is InChI=1S/C27H28N6O7/c1-2-32-12-19(26(36)37)23(35)17-4-3-15-7-14(8-18(15)22(17)32)9-28-6-5-16-11-33(27(38)40-16)20-10-29-25-24(30-20)31-21(34)13-39-25/h3-4,10,12,14,16,28H,2,5-9,11,13H2,1H3,(H,36,37)(H,30,31,34). The third-order valence-electron chi connectivity index (χ3n) is 7.56. The summed E-state index contributed by atoms with van der Waals surface area (Å²) < 4.78 is 12.6. The Bertz CT molecular complexity index is 1600. The number of aromatic nitrogens is 3. The Hall–Kier alpha value is -4.52. The van der Waals surface area contributed by atoms with Crippen LogP contribution in [0.3, 0.4) is 0 Å². The maximum absolute atomic E-state index is 12.8. The van der Waals surface area contributed by atoms with E-state index in [1.165, 1.54) is 22.9 Å². The van der Waals surface area contributed by atoms with Crippen molar-refractivity contribution in [2.75, 3.05) is 36.5 Å². The molecule has 40 heavy (non-hydrogen) atoms. The van der Waals surface area contributed by atoms with Crippen LogP contribution in [0.15, 0.2) is 29.3 Å². The van der Waals surface area contributed by atoms with Crippen LogP contribution in [0.2, 0.25) is 0 Å². The predicted molar refractivity (Wildman–Crippen MR) is 143 cm³/mol. The smallest absolute Gasteiger partial charge is 0.415 e. The lowest BCUT2D eigenvalue weighted by atomic mass is 10.0. The fourth-order valence-electron chi connectivity index (χ4n) is 5.67. The average molecular weight is 549 g/mol. The molecule has 2 aromatic heterocycles. The fraction of sp³-hybridized carbons (Fsp3) is 0.407. The van der Waals surface area contributed by atoms with Gasteiger partial charge in [-0.25, -0.2) is 19.6 Å². The number of anilines is 2. The molecule has 4 heterocycles. The van der Waals surface area contributed by atoms with Crippen molar-refractivity contribution < 1.29 is 29.0 Å². The third-order valence-corrected chi connectivity index (χ3v) is 7.56. The Labute approximate surface area is 228 Å². The summed E-state index contributed by atoms with van der Waals surface area (Å²) in [6.45, 7) is 4.08. The normalized spacial score (nSPS) is 19.7. The van der Waals surface area contributed by atoms with Gasteiger partial charge in [0.2, 0.25) is 5.43 Å². The zero-order valence-corrected chi connectivity index (χ0v) is 21.8. The molecular formula is C27H28N6O7. The molecule has 0 spiro atoms. The molecule has 2 unspecified atom stereocenters. The number of cyclic esters (lactones) is 1. The molecule has 0 bridgehead atoms. The Morgan fingerprint density at radius 3 is 2.90 bits per heavy atom. The minimum Gasteiger partial charge on any atom is -0.477 e. The zero-order valence-electron chi connectivity index (χ0n) is 21.8. The van der Waals surface area contributed by atoms with E-state index in [-0.39, 0.29) is 41.7 Å². The number of hydrogen-bond acceptors (Lipinski definition) is 9. The van der Waals surface area contributed by atoms with E-state index in [2.05, 4.69) is 20.6 Å². The van der Waals surface area contributed by atoms with Crippen LogP contribution in [0.4, 0.5) is 16.4 Å². The highest BCUT2D eigenvalue weighted by Crippen LogP contribution is 2.32. The molecule has 0 radical (unpaired) electrons. The summed E-state index contributed by atoms with van der Waals surface area (Å²) in [5, 5.41) is 15.9. The SMILES string of the molecule is CCn1cc(C(=O)O)c(=O)c2ccc3c(c21)CC(CNCCC1CN(c2cnc4c(n2)NC(=O)CO4)C(=O)O1)C3. The van der Waals surface area contributed by atoms with Crippen LogP contribution in [0.25, 0.3) is 10.9 Å². The van der Waals surface area contributed by atoms with Crippen molar-refractivity contribution in [1.29, 1.82) is 0 Å². The summed E-state index contributed by atoms with van der Waals surface area (Å²) in [5.74, 6) is -0.561. The lowest BCUT2D eigenvalue weighted by Gasteiger charge is -2.18. The molecule has 1 aliphatic carbocycles. The minimum absolute atomic E-state index is 0.126. The third kappa shape index (κ3) is 4.62. The summed E-state index contributed by atoms with van der Waals surface area (Å²) in [5.41, 5.74) is 2.45. The van der Waals surface area contributed by atoms with E-state index in [0.29, 0.717) is 37.4 Å².